The van der Waals surface area contributed by atoms with Gasteiger partial charge >= 0.3 is 0 Å². The van der Waals surface area contributed by atoms with Crippen molar-refractivity contribution in [1.82, 2.24) is 9.80 Å². The molecule has 0 bridgehead atoms. The third-order valence-electron chi connectivity index (χ3n) is 21.2. The third kappa shape index (κ3) is 7.33. The van der Waals surface area contributed by atoms with E-state index in [0.29, 0.717) is 0 Å². The van der Waals surface area contributed by atoms with Gasteiger partial charge < -0.3 is 0 Å². The average Bonchev–Trinajstić information content (AvgIpc) is 3.79. The number of hydrogen-bond donors (Lipinski definition) is 0. The zero-order valence-corrected chi connectivity index (χ0v) is 36.2. The van der Waals surface area contributed by atoms with Crippen LogP contribution in [0.25, 0.3) is 0 Å². The Hall–Kier alpha value is -0.600. The van der Waals surface area contributed by atoms with Crippen LogP contribution in [0.15, 0.2) is 24.3 Å². The van der Waals surface area contributed by atoms with Crippen LogP contribution in [-0.2, 0) is 0 Å². The van der Waals surface area contributed by atoms with Crippen molar-refractivity contribution in [2.45, 2.75) is 242 Å². The van der Waals surface area contributed by atoms with E-state index in [0.717, 1.165) is 107 Å². The van der Waals surface area contributed by atoms with E-state index >= 15 is 0 Å². The topological polar surface area (TPSA) is 6.48 Å². The molecule has 11 aliphatic rings. The molecule has 7 saturated carbocycles. The summed E-state index contributed by atoms with van der Waals surface area (Å²) >= 11 is 0. The molecule has 312 valence electrons. The lowest BCUT2D eigenvalue weighted by Crippen LogP contribution is -2.51. The van der Waals surface area contributed by atoms with Gasteiger partial charge in [0.1, 0.15) is 0 Å². The highest BCUT2D eigenvalue weighted by Crippen LogP contribution is 2.59. The van der Waals surface area contributed by atoms with Gasteiger partial charge in [0.05, 0.1) is 0 Å². The lowest BCUT2D eigenvalue weighted by Gasteiger charge is -2.50. The minimum Gasteiger partial charge on any atom is -0.294 e. The molecule has 2 saturated heterocycles. The van der Waals surface area contributed by atoms with Crippen LogP contribution in [-0.4, -0.2) is 46.1 Å². The maximum atomic E-state index is 3.42. The molecule has 0 spiro atoms. The van der Waals surface area contributed by atoms with Gasteiger partial charge in [-0.3, -0.25) is 9.80 Å². The fourth-order valence-electron chi connectivity index (χ4n) is 18.9. The summed E-state index contributed by atoms with van der Waals surface area (Å²) < 4.78 is 0. The molecule has 15 atom stereocenters. The molecule has 9 fully saturated rings. The van der Waals surface area contributed by atoms with E-state index in [1.807, 2.05) is 0 Å². The van der Waals surface area contributed by atoms with Crippen molar-refractivity contribution in [3.05, 3.63) is 24.3 Å². The van der Waals surface area contributed by atoms with Gasteiger partial charge in [-0.1, -0.05) is 82.1 Å². The summed E-state index contributed by atoms with van der Waals surface area (Å²) in [6, 6.07) is 5.64. The highest BCUT2D eigenvalue weighted by Gasteiger charge is 2.57. The minimum atomic E-state index is 0.914. The van der Waals surface area contributed by atoms with Crippen molar-refractivity contribution in [1.29, 1.82) is 0 Å². The van der Waals surface area contributed by atoms with Crippen LogP contribution in [0.2, 0.25) is 0 Å². The van der Waals surface area contributed by atoms with Gasteiger partial charge in [-0.25, -0.2) is 0 Å². The highest BCUT2D eigenvalue weighted by atomic mass is 15.3. The van der Waals surface area contributed by atoms with Gasteiger partial charge in [-0.15, -0.1) is 0 Å². The van der Waals surface area contributed by atoms with E-state index < -0.39 is 0 Å². The monoisotopic (exact) mass is 763 g/mol. The molecule has 2 heterocycles. The van der Waals surface area contributed by atoms with Crippen LogP contribution >= 0.6 is 0 Å². The van der Waals surface area contributed by atoms with E-state index in [4.69, 9.17) is 0 Å². The Morgan fingerprint density at radius 1 is 0.304 bits per heavy atom. The van der Waals surface area contributed by atoms with Gasteiger partial charge in [0.2, 0.25) is 0 Å². The molecule has 0 radical (unpaired) electrons. The van der Waals surface area contributed by atoms with E-state index in [9.17, 15) is 0 Å². The lowest BCUT2D eigenvalue weighted by molar-refractivity contribution is -0.00293. The second kappa shape index (κ2) is 17.0. The van der Waals surface area contributed by atoms with Crippen LogP contribution in [0.5, 0.6) is 0 Å². The number of rotatable bonds is 6. The van der Waals surface area contributed by atoms with Crippen LogP contribution in [0.3, 0.4) is 0 Å². The van der Waals surface area contributed by atoms with Crippen molar-refractivity contribution >= 4 is 0 Å². The minimum absolute atomic E-state index is 0.914. The molecular formula is C54H86N2. The molecule has 2 aliphatic heterocycles. The zero-order chi connectivity index (χ0) is 37.0. The molecule has 0 aromatic heterocycles. The largest absolute Gasteiger partial charge is 0.294 e. The van der Waals surface area contributed by atoms with Crippen molar-refractivity contribution in [2.24, 2.45) is 71.0 Å². The van der Waals surface area contributed by atoms with E-state index in [1.54, 1.807) is 103 Å². The Labute approximate surface area is 345 Å². The van der Waals surface area contributed by atoms with Crippen LogP contribution in [0.4, 0.5) is 0 Å². The molecule has 9 aliphatic carbocycles. The normalized spacial score (nSPS) is 50.5. The summed E-state index contributed by atoms with van der Waals surface area (Å²) in [7, 11) is 0. The van der Waals surface area contributed by atoms with Gasteiger partial charge in [0.25, 0.3) is 0 Å². The standard InChI is InChI=1S/C54H86N2/c1-4-14-37(15-5-1)40-24-28-45(29-25-40)55-51-22-12-10-20-47(51)49-35-41(26-30-53(49)55)42-27-31-54-50(36-42)48-21-11-13-23-52(48)56(54)46-33-43(38-16-6-2-7-17-38)32-44(34-46)39-18-8-3-9-19-39/h2,4,6,14,37-54H,1,3,5,7-13,15-36H2. The van der Waals surface area contributed by atoms with E-state index in [1.165, 1.54) is 103 Å². The Kier molecular flexibility index (Phi) is 11.7. The predicted octanol–water partition coefficient (Wildman–Crippen LogP) is 13.9. The summed E-state index contributed by atoms with van der Waals surface area (Å²) in [4.78, 5) is 6.74. The summed E-state index contributed by atoms with van der Waals surface area (Å²) in [5.41, 5.74) is 0. The lowest BCUT2D eigenvalue weighted by atomic mass is 9.62. The van der Waals surface area contributed by atoms with Gasteiger partial charge in [0.15, 0.2) is 0 Å². The number of likely N-dealkylation sites (tertiary alicyclic amines) is 2. The van der Waals surface area contributed by atoms with Gasteiger partial charge in [-0.05, 0) is 219 Å². The fourth-order valence-corrected chi connectivity index (χ4v) is 18.9. The molecule has 2 heteroatoms. The molecule has 11 rings (SSSR count). The third-order valence-corrected chi connectivity index (χ3v) is 21.2. The molecule has 0 amide bonds. The molecule has 56 heavy (non-hydrogen) atoms. The van der Waals surface area contributed by atoms with E-state index in [-0.39, 0.29) is 0 Å². The Balaban J connectivity index is 0.779. The first-order chi connectivity index (χ1) is 27.8. The Morgan fingerprint density at radius 3 is 1.52 bits per heavy atom. The second-order valence-electron chi connectivity index (χ2n) is 23.4. The van der Waals surface area contributed by atoms with Crippen LogP contribution in [0.1, 0.15) is 205 Å². The molecular weight excluding hydrogens is 677 g/mol. The number of fused-ring (bicyclic) bond motifs is 6. The highest BCUT2D eigenvalue weighted by molar-refractivity contribution is 5.11. The first kappa shape index (κ1) is 38.3. The summed E-state index contributed by atoms with van der Waals surface area (Å²) in [5, 5.41) is 0. The van der Waals surface area contributed by atoms with Crippen molar-refractivity contribution in [2.75, 3.05) is 0 Å². The quantitative estimate of drug-likeness (QED) is 0.249. The second-order valence-corrected chi connectivity index (χ2v) is 23.4. The average molecular weight is 763 g/mol. The molecule has 0 aromatic carbocycles. The summed E-state index contributed by atoms with van der Waals surface area (Å²) in [6.07, 6.45) is 59.3. The SMILES string of the molecule is C1=CC(C2CCC(N3C4CCCCC4C4CC(C5CCC6C(C5)C5CCCCC5N6C5CC(C6CC=CCC6)CC(C6CCCCC6)C5)CCC43)CC2)CCC1. The van der Waals surface area contributed by atoms with Crippen LogP contribution < -0.4 is 0 Å². The maximum Gasteiger partial charge on any atom is 0.0133 e. The Bertz CT molecular complexity index is 1350. The molecule has 2 nitrogen and oxygen atoms in total. The van der Waals surface area contributed by atoms with Crippen molar-refractivity contribution in [3.8, 4) is 0 Å². The maximum absolute atomic E-state index is 3.42. The summed E-state index contributed by atoms with van der Waals surface area (Å²) in [6.45, 7) is 0. The summed E-state index contributed by atoms with van der Waals surface area (Å²) in [5.74, 6) is 12.3. The van der Waals surface area contributed by atoms with E-state index in [2.05, 4.69) is 34.1 Å². The molecule has 15 unspecified atom stereocenters. The van der Waals surface area contributed by atoms with Crippen molar-refractivity contribution in [3.63, 3.8) is 0 Å². The molecule has 0 aromatic rings. The first-order valence-corrected chi connectivity index (χ1v) is 26.6. The van der Waals surface area contributed by atoms with Crippen LogP contribution in [0, 0.1) is 71.0 Å². The number of nitrogens with zero attached hydrogens (tertiary/aromatic N) is 2. The van der Waals surface area contributed by atoms with Crippen molar-refractivity contribution < 1.29 is 0 Å². The fraction of sp³-hybridized carbons (Fsp3) is 0.926. The zero-order valence-electron chi connectivity index (χ0n) is 36.2. The number of allylic oxidation sites excluding steroid dienone is 4. The molecule has 0 N–H and O–H groups in total. The van der Waals surface area contributed by atoms with Gasteiger partial charge in [0, 0.05) is 36.3 Å². The Morgan fingerprint density at radius 2 is 0.893 bits per heavy atom. The predicted molar refractivity (Wildman–Crippen MR) is 234 cm³/mol. The number of hydrogen-bond acceptors (Lipinski definition) is 2. The van der Waals surface area contributed by atoms with Gasteiger partial charge in [-0.2, -0.15) is 0 Å². The smallest absolute Gasteiger partial charge is 0.0133 e. The first-order valence-electron chi connectivity index (χ1n) is 26.6.